The summed E-state index contributed by atoms with van der Waals surface area (Å²) in [6.07, 6.45) is 17.4. The fraction of sp³-hybridized carbons (Fsp3) is 0.722. The predicted molar refractivity (Wildman–Crippen MR) is 89.8 cm³/mol. The van der Waals surface area contributed by atoms with Crippen molar-refractivity contribution in [3.8, 4) is 0 Å². The van der Waals surface area contributed by atoms with Crippen LogP contribution in [0.25, 0.3) is 0 Å². The van der Waals surface area contributed by atoms with E-state index in [-0.39, 0.29) is 19.1 Å². The number of unbranched alkanes of at least 4 members (excludes halogenated alkanes) is 6. The minimum atomic E-state index is -0.701. The SMILES string of the molecule is O=C(O)CCCCCCC/C=C\C=C/CC(O)CCCCO. The number of allylic oxidation sites excluding steroid dienone is 3. The van der Waals surface area contributed by atoms with Gasteiger partial charge in [0.15, 0.2) is 0 Å². The van der Waals surface area contributed by atoms with Gasteiger partial charge in [0, 0.05) is 13.0 Å². The molecule has 0 spiro atoms. The first-order valence-electron chi connectivity index (χ1n) is 8.49. The highest BCUT2D eigenvalue weighted by Gasteiger charge is 2.00. The Labute approximate surface area is 134 Å². The molecule has 4 nitrogen and oxygen atoms in total. The third-order valence-electron chi connectivity index (χ3n) is 3.50. The van der Waals surface area contributed by atoms with E-state index in [1.165, 1.54) is 0 Å². The average Bonchev–Trinajstić information content (AvgIpc) is 2.48. The van der Waals surface area contributed by atoms with E-state index in [9.17, 15) is 9.90 Å². The van der Waals surface area contributed by atoms with Gasteiger partial charge in [0.25, 0.3) is 0 Å². The number of carboxylic acids is 1. The third kappa shape index (κ3) is 16.9. The van der Waals surface area contributed by atoms with Crippen LogP contribution in [0.2, 0.25) is 0 Å². The number of aliphatic carboxylic acids is 1. The monoisotopic (exact) mass is 312 g/mol. The van der Waals surface area contributed by atoms with Crippen molar-refractivity contribution in [3.05, 3.63) is 24.3 Å². The standard InChI is InChI=1S/C18H32O4/c19-16-12-11-14-17(20)13-9-7-5-3-1-2-4-6-8-10-15-18(21)22/h3,5,7,9,17,19-20H,1-2,4,6,8,10-16H2,(H,21,22)/b5-3-,9-7-. The van der Waals surface area contributed by atoms with Gasteiger partial charge >= 0.3 is 5.97 Å². The van der Waals surface area contributed by atoms with Gasteiger partial charge in [-0.2, -0.15) is 0 Å². The Morgan fingerprint density at radius 3 is 2.32 bits per heavy atom. The second-order valence-corrected chi connectivity index (χ2v) is 5.67. The van der Waals surface area contributed by atoms with Crippen LogP contribution in [0.15, 0.2) is 24.3 Å². The van der Waals surface area contributed by atoms with E-state index in [4.69, 9.17) is 10.2 Å². The van der Waals surface area contributed by atoms with Gasteiger partial charge in [0.1, 0.15) is 0 Å². The number of hydrogen-bond acceptors (Lipinski definition) is 3. The Bertz CT molecular complexity index is 310. The predicted octanol–water partition coefficient (Wildman–Crippen LogP) is 3.83. The van der Waals surface area contributed by atoms with Crippen molar-refractivity contribution < 1.29 is 20.1 Å². The highest BCUT2D eigenvalue weighted by atomic mass is 16.4. The third-order valence-corrected chi connectivity index (χ3v) is 3.50. The van der Waals surface area contributed by atoms with Crippen LogP contribution in [0.3, 0.4) is 0 Å². The van der Waals surface area contributed by atoms with Crippen LogP contribution in [0.1, 0.15) is 70.6 Å². The van der Waals surface area contributed by atoms with E-state index in [2.05, 4.69) is 6.08 Å². The van der Waals surface area contributed by atoms with Crippen LogP contribution in [0.4, 0.5) is 0 Å². The van der Waals surface area contributed by atoms with Crippen LogP contribution >= 0.6 is 0 Å². The van der Waals surface area contributed by atoms with Gasteiger partial charge in [-0.15, -0.1) is 0 Å². The topological polar surface area (TPSA) is 77.8 Å². The molecule has 1 unspecified atom stereocenters. The molecule has 0 aliphatic heterocycles. The van der Waals surface area contributed by atoms with Gasteiger partial charge in [-0.05, 0) is 44.9 Å². The van der Waals surface area contributed by atoms with Gasteiger partial charge in [0.2, 0.25) is 0 Å². The lowest BCUT2D eigenvalue weighted by atomic mass is 10.1. The van der Waals surface area contributed by atoms with Crippen molar-refractivity contribution in [2.45, 2.75) is 76.7 Å². The molecule has 0 rings (SSSR count). The second kappa shape index (κ2) is 16.2. The summed E-state index contributed by atoms with van der Waals surface area (Å²) in [6.45, 7) is 0.199. The Morgan fingerprint density at radius 2 is 1.59 bits per heavy atom. The zero-order valence-electron chi connectivity index (χ0n) is 13.6. The summed E-state index contributed by atoms with van der Waals surface area (Å²) < 4.78 is 0. The summed E-state index contributed by atoms with van der Waals surface area (Å²) in [5, 5.41) is 26.8. The Hall–Kier alpha value is -1.13. The number of carboxylic acid groups (broad SMARTS) is 1. The number of carbonyl (C=O) groups is 1. The van der Waals surface area contributed by atoms with Crippen molar-refractivity contribution in [3.63, 3.8) is 0 Å². The van der Waals surface area contributed by atoms with E-state index < -0.39 is 5.97 Å². The first kappa shape index (κ1) is 20.9. The summed E-state index contributed by atoms with van der Waals surface area (Å²) in [6, 6.07) is 0. The Balaban J connectivity index is 3.35. The normalized spacial score (nSPS) is 13.2. The summed E-state index contributed by atoms with van der Waals surface area (Å²) >= 11 is 0. The van der Waals surface area contributed by atoms with Crippen LogP contribution in [-0.2, 0) is 4.79 Å². The molecule has 0 fully saturated rings. The van der Waals surface area contributed by atoms with Crippen molar-refractivity contribution in [1.82, 2.24) is 0 Å². The molecule has 1 atom stereocenters. The second-order valence-electron chi connectivity index (χ2n) is 5.67. The molecule has 0 aliphatic carbocycles. The highest BCUT2D eigenvalue weighted by Crippen LogP contribution is 2.08. The molecule has 0 amide bonds. The molecule has 0 bridgehead atoms. The van der Waals surface area contributed by atoms with Gasteiger partial charge in [-0.1, -0.05) is 43.6 Å². The molecule has 0 aromatic carbocycles. The van der Waals surface area contributed by atoms with Crippen LogP contribution in [0, 0.1) is 0 Å². The van der Waals surface area contributed by atoms with E-state index in [0.29, 0.717) is 6.42 Å². The maximum atomic E-state index is 10.3. The molecule has 0 saturated heterocycles. The van der Waals surface area contributed by atoms with Crippen molar-refractivity contribution in [1.29, 1.82) is 0 Å². The van der Waals surface area contributed by atoms with Gasteiger partial charge < -0.3 is 15.3 Å². The molecule has 0 aromatic rings. The van der Waals surface area contributed by atoms with Gasteiger partial charge in [-0.25, -0.2) is 0 Å². The van der Waals surface area contributed by atoms with E-state index >= 15 is 0 Å². The minimum absolute atomic E-state index is 0.199. The highest BCUT2D eigenvalue weighted by molar-refractivity contribution is 5.66. The number of hydrogen-bond donors (Lipinski definition) is 3. The number of aliphatic hydroxyl groups is 2. The molecule has 0 heterocycles. The lowest BCUT2D eigenvalue weighted by Gasteiger charge is -2.05. The Kier molecular flexibility index (Phi) is 15.4. The molecular weight excluding hydrogens is 280 g/mol. The Morgan fingerprint density at radius 1 is 0.909 bits per heavy atom. The molecule has 0 radical (unpaired) electrons. The molecule has 128 valence electrons. The smallest absolute Gasteiger partial charge is 0.303 e. The zero-order chi connectivity index (χ0) is 16.5. The fourth-order valence-electron chi connectivity index (χ4n) is 2.17. The van der Waals surface area contributed by atoms with Crippen LogP contribution in [0.5, 0.6) is 0 Å². The van der Waals surface area contributed by atoms with E-state index in [1.807, 2.05) is 18.2 Å². The summed E-state index contributed by atoms with van der Waals surface area (Å²) in [5.74, 6) is -0.701. The maximum Gasteiger partial charge on any atom is 0.303 e. The lowest BCUT2D eigenvalue weighted by Crippen LogP contribution is -2.04. The molecule has 3 N–H and O–H groups in total. The summed E-state index contributed by atoms with van der Waals surface area (Å²) in [5.41, 5.74) is 0. The summed E-state index contributed by atoms with van der Waals surface area (Å²) in [4.78, 5) is 10.3. The van der Waals surface area contributed by atoms with Crippen molar-refractivity contribution in [2.75, 3.05) is 6.61 Å². The molecule has 0 aliphatic rings. The summed E-state index contributed by atoms with van der Waals surface area (Å²) in [7, 11) is 0. The van der Waals surface area contributed by atoms with Crippen molar-refractivity contribution >= 4 is 5.97 Å². The minimum Gasteiger partial charge on any atom is -0.481 e. The molecule has 0 saturated carbocycles. The maximum absolute atomic E-state index is 10.3. The number of aliphatic hydroxyl groups excluding tert-OH is 2. The van der Waals surface area contributed by atoms with Gasteiger partial charge in [0.05, 0.1) is 6.10 Å². The molecule has 0 aromatic heterocycles. The van der Waals surface area contributed by atoms with E-state index in [1.54, 1.807) is 0 Å². The number of rotatable bonds is 15. The van der Waals surface area contributed by atoms with Crippen LogP contribution < -0.4 is 0 Å². The van der Waals surface area contributed by atoms with Crippen LogP contribution in [-0.4, -0.2) is 34.0 Å². The fourth-order valence-corrected chi connectivity index (χ4v) is 2.17. The first-order valence-corrected chi connectivity index (χ1v) is 8.49. The van der Waals surface area contributed by atoms with Gasteiger partial charge in [-0.3, -0.25) is 4.79 Å². The quantitative estimate of drug-likeness (QED) is 0.317. The molecule has 22 heavy (non-hydrogen) atoms. The molecule has 4 heteroatoms. The largest absolute Gasteiger partial charge is 0.481 e. The first-order chi connectivity index (χ1) is 10.7. The zero-order valence-corrected chi connectivity index (χ0v) is 13.6. The molecular formula is C18H32O4. The lowest BCUT2D eigenvalue weighted by molar-refractivity contribution is -0.137. The van der Waals surface area contributed by atoms with E-state index in [0.717, 1.165) is 57.8 Å². The van der Waals surface area contributed by atoms with Crippen molar-refractivity contribution in [2.24, 2.45) is 0 Å². The average molecular weight is 312 g/mol.